The van der Waals surface area contributed by atoms with Crippen LogP contribution in [0.25, 0.3) is 0 Å². The molecule has 9 nitrogen and oxygen atoms in total. The molecule has 2 aliphatic heterocycles. The van der Waals surface area contributed by atoms with Crippen molar-refractivity contribution in [3.05, 3.63) is 59.7 Å². The van der Waals surface area contributed by atoms with E-state index in [0.29, 0.717) is 36.8 Å². The summed E-state index contributed by atoms with van der Waals surface area (Å²) in [5, 5.41) is 2.71. The van der Waals surface area contributed by atoms with E-state index < -0.39 is 18.7 Å². The molecule has 2 saturated heterocycles. The van der Waals surface area contributed by atoms with Crippen LogP contribution in [-0.2, 0) is 19.1 Å². The number of fused-ring (bicyclic) bond motifs is 1. The zero-order valence-electron chi connectivity index (χ0n) is 19.5. The number of ether oxygens (including phenoxy) is 3. The van der Waals surface area contributed by atoms with Crippen molar-refractivity contribution in [2.24, 2.45) is 0 Å². The third kappa shape index (κ3) is 6.05. The van der Waals surface area contributed by atoms with Gasteiger partial charge in [-0.05, 0) is 68.3 Å². The highest BCUT2D eigenvalue weighted by molar-refractivity contribution is 6.00. The molecule has 184 valence electrons. The van der Waals surface area contributed by atoms with Crippen LogP contribution in [0.15, 0.2) is 48.5 Å². The van der Waals surface area contributed by atoms with Crippen LogP contribution < -0.4 is 10.1 Å². The second-order valence-electron chi connectivity index (χ2n) is 8.44. The Morgan fingerprint density at radius 3 is 2.49 bits per heavy atom. The van der Waals surface area contributed by atoms with Crippen molar-refractivity contribution in [2.75, 3.05) is 31.7 Å². The number of benzene rings is 2. The molecule has 4 rings (SSSR count). The molecule has 1 N–H and O–H groups in total. The number of amides is 2. The second kappa shape index (κ2) is 11.1. The van der Waals surface area contributed by atoms with Gasteiger partial charge in [0.05, 0.1) is 31.2 Å². The first-order chi connectivity index (χ1) is 16.9. The van der Waals surface area contributed by atoms with Gasteiger partial charge in [-0.15, -0.1) is 0 Å². The quantitative estimate of drug-likeness (QED) is 0.434. The Balaban J connectivity index is 1.24. The molecule has 2 aromatic rings. The molecular weight excluding hydrogens is 452 g/mol. The predicted octanol–water partition coefficient (Wildman–Crippen LogP) is 2.84. The van der Waals surface area contributed by atoms with Gasteiger partial charge >= 0.3 is 5.97 Å². The van der Waals surface area contributed by atoms with Crippen LogP contribution >= 0.6 is 0 Å². The second-order valence-corrected chi connectivity index (χ2v) is 8.44. The third-order valence-electron chi connectivity index (χ3n) is 6.02. The first-order valence-electron chi connectivity index (χ1n) is 11.7. The van der Waals surface area contributed by atoms with E-state index in [1.807, 2.05) is 11.8 Å². The Hall–Kier alpha value is -3.72. The maximum Gasteiger partial charge on any atom is 0.338 e. The molecule has 0 saturated carbocycles. The topological polar surface area (TPSA) is 111 Å². The van der Waals surface area contributed by atoms with E-state index in [1.54, 1.807) is 36.4 Å². The van der Waals surface area contributed by atoms with E-state index >= 15 is 0 Å². The van der Waals surface area contributed by atoms with Gasteiger partial charge in [-0.2, -0.15) is 0 Å². The van der Waals surface area contributed by atoms with Crippen LogP contribution in [0.3, 0.4) is 0 Å². The number of esters is 1. The SMILES string of the molecule is CCOc1ccc(C(=O)COC(=O)c2ccc(NC(=O)CC3OCC4CCCN4C3=O)cc2)cc1. The lowest BCUT2D eigenvalue weighted by molar-refractivity contribution is -0.158. The van der Waals surface area contributed by atoms with Gasteiger partial charge in [0, 0.05) is 17.8 Å². The Morgan fingerprint density at radius 1 is 1.06 bits per heavy atom. The molecule has 2 atom stereocenters. The maximum atomic E-state index is 12.5. The van der Waals surface area contributed by atoms with E-state index in [-0.39, 0.29) is 35.6 Å². The fourth-order valence-corrected chi connectivity index (χ4v) is 4.20. The van der Waals surface area contributed by atoms with Gasteiger partial charge in [0.2, 0.25) is 5.91 Å². The molecule has 2 unspecified atom stereocenters. The van der Waals surface area contributed by atoms with Gasteiger partial charge < -0.3 is 24.4 Å². The number of ketones is 1. The molecule has 0 aliphatic carbocycles. The predicted molar refractivity (Wildman–Crippen MR) is 126 cm³/mol. The first-order valence-corrected chi connectivity index (χ1v) is 11.7. The minimum atomic E-state index is -0.772. The summed E-state index contributed by atoms with van der Waals surface area (Å²) in [5.74, 6) is -0.802. The molecule has 2 heterocycles. The molecule has 2 aromatic carbocycles. The Morgan fingerprint density at radius 2 is 1.77 bits per heavy atom. The van der Waals surface area contributed by atoms with E-state index in [1.165, 1.54) is 12.1 Å². The fraction of sp³-hybridized carbons (Fsp3) is 0.385. The summed E-state index contributed by atoms with van der Waals surface area (Å²) in [6.45, 7) is 3.19. The van der Waals surface area contributed by atoms with Crippen molar-refractivity contribution < 1.29 is 33.4 Å². The van der Waals surface area contributed by atoms with Gasteiger partial charge in [-0.3, -0.25) is 14.4 Å². The standard InChI is InChI=1S/C26H28N2O7/c1-2-33-21-11-7-17(8-12-21)22(29)16-35-26(32)18-5-9-19(10-6-18)27-24(30)14-23-25(31)28-13-3-4-20(28)15-34-23/h5-12,20,23H,2-4,13-16H2,1H3,(H,27,30). The number of carbonyl (C=O) groups excluding carboxylic acids is 4. The number of hydrogen-bond donors (Lipinski definition) is 1. The summed E-state index contributed by atoms with van der Waals surface area (Å²) in [4.78, 5) is 51.3. The zero-order valence-corrected chi connectivity index (χ0v) is 19.5. The number of hydrogen-bond acceptors (Lipinski definition) is 7. The van der Waals surface area contributed by atoms with Crippen LogP contribution in [0.4, 0.5) is 5.69 Å². The van der Waals surface area contributed by atoms with Crippen molar-refractivity contribution in [1.82, 2.24) is 4.90 Å². The van der Waals surface area contributed by atoms with E-state index in [0.717, 1.165) is 12.8 Å². The third-order valence-corrected chi connectivity index (χ3v) is 6.02. The van der Waals surface area contributed by atoms with Gasteiger partial charge in [0.25, 0.3) is 5.91 Å². The molecule has 35 heavy (non-hydrogen) atoms. The Bertz CT molecular complexity index is 1080. The molecule has 0 aromatic heterocycles. The highest BCUT2D eigenvalue weighted by Crippen LogP contribution is 2.25. The summed E-state index contributed by atoms with van der Waals surface area (Å²) < 4.78 is 16.1. The number of rotatable bonds is 9. The number of Topliss-reactive ketones (excluding diaryl/α,β-unsaturated/α-hetero) is 1. The molecule has 2 fully saturated rings. The number of anilines is 1. The van der Waals surface area contributed by atoms with Crippen LogP contribution in [0.1, 0.15) is 46.9 Å². The zero-order chi connectivity index (χ0) is 24.8. The highest BCUT2D eigenvalue weighted by atomic mass is 16.5. The van der Waals surface area contributed by atoms with Crippen molar-refractivity contribution in [2.45, 2.75) is 38.3 Å². The van der Waals surface area contributed by atoms with Gasteiger partial charge in [0.15, 0.2) is 12.4 Å². The van der Waals surface area contributed by atoms with E-state index in [9.17, 15) is 19.2 Å². The lowest BCUT2D eigenvalue weighted by Crippen LogP contribution is -2.51. The summed E-state index contributed by atoms with van der Waals surface area (Å²) in [7, 11) is 0. The maximum absolute atomic E-state index is 12.5. The monoisotopic (exact) mass is 480 g/mol. The summed E-state index contributed by atoms with van der Waals surface area (Å²) in [6.07, 6.45) is 1.06. The number of carbonyl (C=O) groups is 4. The van der Waals surface area contributed by atoms with Crippen molar-refractivity contribution in [3.63, 3.8) is 0 Å². The molecule has 0 radical (unpaired) electrons. The molecule has 9 heteroatoms. The number of nitrogens with one attached hydrogen (secondary N) is 1. The number of morpholine rings is 1. The van der Waals surface area contributed by atoms with Crippen LogP contribution in [0, 0.1) is 0 Å². The van der Waals surface area contributed by atoms with Crippen molar-refractivity contribution >= 4 is 29.3 Å². The van der Waals surface area contributed by atoms with Gasteiger partial charge in [0.1, 0.15) is 11.9 Å². The largest absolute Gasteiger partial charge is 0.494 e. The van der Waals surface area contributed by atoms with Gasteiger partial charge in [-0.25, -0.2) is 4.79 Å². The average molecular weight is 481 g/mol. The average Bonchev–Trinajstić information content (AvgIpc) is 3.35. The number of nitrogens with zero attached hydrogens (tertiary/aromatic N) is 1. The minimum Gasteiger partial charge on any atom is -0.494 e. The molecule has 0 spiro atoms. The lowest BCUT2D eigenvalue weighted by atomic mass is 10.1. The smallest absolute Gasteiger partial charge is 0.338 e. The summed E-state index contributed by atoms with van der Waals surface area (Å²) in [6, 6.07) is 12.8. The molecule has 0 bridgehead atoms. The lowest BCUT2D eigenvalue weighted by Gasteiger charge is -2.34. The van der Waals surface area contributed by atoms with E-state index in [2.05, 4.69) is 5.32 Å². The Labute approximate surface area is 203 Å². The summed E-state index contributed by atoms with van der Waals surface area (Å²) >= 11 is 0. The fourth-order valence-electron chi connectivity index (χ4n) is 4.20. The van der Waals surface area contributed by atoms with Crippen LogP contribution in [0.5, 0.6) is 5.75 Å². The van der Waals surface area contributed by atoms with Crippen molar-refractivity contribution in [3.8, 4) is 5.75 Å². The molecule has 2 amide bonds. The minimum absolute atomic E-state index is 0.0699. The first kappa shape index (κ1) is 24.4. The molecular formula is C26H28N2O7. The molecule has 2 aliphatic rings. The van der Waals surface area contributed by atoms with Gasteiger partial charge in [-0.1, -0.05) is 0 Å². The van der Waals surface area contributed by atoms with Crippen LogP contribution in [-0.4, -0.2) is 67.0 Å². The van der Waals surface area contributed by atoms with Crippen molar-refractivity contribution in [1.29, 1.82) is 0 Å². The van der Waals surface area contributed by atoms with Crippen LogP contribution in [0.2, 0.25) is 0 Å². The summed E-state index contributed by atoms with van der Waals surface area (Å²) in [5.41, 5.74) is 1.13. The Kier molecular flexibility index (Phi) is 7.77. The highest BCUT2D eigenvalue weighted by Gasteiger charge is 2.39. The normalized spacial score (nSPS) is 19.1. The van der Waals surface area contributed by atoms with E-state index in [4.69, 9.17) is 14.2 Å².